The summed E-state index contributed by atoms with van der Waals surface area (Å²) in [4.78, 5) is 17.5. The van der Waals surface area contributed by atoms with Crippen LogP contribution in [0.15, 0.2) is 35.9 Å². The Hall–Kier alpha value is -1.47. The Bertz CT molecular complexity index is 762. The maximum absolute atomic E-state index is 13.0. The van der Waals surface area contributed by atoms with Gasteiger partial charge in [0.1, 0.15) is 10.7 Å². The van der Waals surface area contributed by atoms with Crippen LogP contribution in [-0.2, 0) is 6.42 Å². The molecule has 0 radical (unpaired) electrons. The van der Waals surface area contributed by atoms with Gasteiger partial charge in [0.2, 0.25) is 0 Å². The molecule has 0 aliphatic carbocycles. The third-order valence-electron chi connectivity index (χ3n) is 3.95. The summed E-state index contributed by atoms with van der Waals surface area (Å²) in [5, 5.41) is 7.10. The molecule has 0 saturated heterocycles. The summed E-state index contributed by atoms with van der Waals surface area (Å²) in [7, 11) is 0. The van der Waals surface area contributed by atoms with Gasteiger partial charge in [-0.25, -0.2) is 9.37 Å². The summed E-state index contributed by atoms with van der Waals surface area (Å²) in [5.74, 6) is -0.323. The number of halogens is 3. The van der Waals surface area contributed by atoms with Crippen molar-refractivity contribution in [3.05, 3.63) is 62.9 Å². The third-order valence-corrected chi connectivity index (χ3v) is 5.11. The number of rotatable bonds is 5. The molecule has 1 aromatic heterocycles. The molecule has 0 unspecified atom stereocenters. The van der Waals surface area contributed by atoms with Crippen molar-refractivity contribution in [1.82, 2.24) is 15.6 Å². The van der Waals surface area contributed by atoms with Gasteiger partial charge in [0.05, 0.1) is 10.7 Å². The monoisotopic (exact) mass is 417 g/mol. The third kappa shape index (κ3) is 6.06. The van der Waals surface area contributed by atoms with Gasteiger partial charge >= 0.3 is 0 Å². The zero-order valence-electron chi connectivity index (χ0n) is 14.4. The number of nitrogens with zero attached hydrogens (tertiary/aromatic N) is 1. The Morgan fingerprint density at radius 2 is 2.04 bits per heavy atom. The van der Waals surface area contributed by atoms with Gasteiger partial charge in [-0.2, -0.15) is 0 Å². The first kappa shape index (κ1) is 22.6. The minimum absolute atomic E-state index is 0. The number of thiazole rings is 1. The molecule has 2 N–H and O–H groups in total. The molecular formula is C18H22Cl2FN3OS. The van der Waals surface area contributed by atoms with Crippen molar-refractivity contribution in [1.29, 1.82) is 0 Å². The molecule has 26 heavy (non-hydrogen) atoms. The van der Waals surface area contributed by atoms with Crippen LogP contribution in [0.1, 0.15) is 32.4 Å². The van der Waals surface area contributed by atoms with Crippen LogP contribution in [0.5, 0.6) is 0 Å². The summed E-state index contributed by atoms with van der Waals surface area (Å²) in [6, 6.07) is 6.37. The molecular weight excluding hydrogens is 396 g/mol. The average Bonchev–Trinajstić information content (AvgIpc) is 2.96. The van der Waals surface area contributed by atoms with E-state index >= 15 is 0 Å². The van der Waals surface area contributed by atoms with Gasteiger partial charge < -0.3 is 10.6 Å². The first-order chi connectivity index (χ1) is 11.6. The normalized spacial score (nSPS) is 13.2. The van der Waals surface area contributed by atoms with Crippen molar-refractivity contribution in [2.45, 2.75) is 19.8 Å². The lowest BCUT2D eigenvalue weighted by Crippen LogP contribution is -2.29. The van der Waals surface area contributed by atoms with Crippen molar-refractivity contribution < 1.29 is 9.18 Å². The standard InChI is InChI=1S/C18H20FN3OS.2ClH/c1-12-17(18(23)21-11-14-6-8-20-9-7-14)24-16(22-12)10-13-2-4-15(19)5-3-13;;/h2-6,20H,7-11H2,1H3,(H,21,23);2*1H. The van der Waals surface area contributed by atoms with E-state index in [0.29, 0.717) is 17.8 Å². The van der Waals surface area contributed by atoms with Crippen molar-refractivity contribution in [2.75, 3.05) is 19.6 Å². The summed E-state index contributed by atoms with van der Waals surface area (Å²) >= 11 is 1.40. The molecule has 3 rings (SSSR count). The van der Waals surface area contributed by atoms with Gasteiger partial charge in [-0.3, -0.25) is 4.79 Å². The lowest BCUT2D eigenvalue weighted by molar-refractivity contribution is 0.0960. The second-order valence-electron chi connectivity index (χ2n) is 5.82. The van der Waals surface area contributed by atoms with Crippen molar-refractivity contribution in [2.24, 2.45) is 0 Å². The molecule has 142 valence electrons. The Kier molecular flexibility index (Phi) is 9.22. The Labute approximate surface area is 169 Å². The van der Waals surface area contributed by atoms with Crippen LogP contribution >= 0.6 is 36.2 Å². The topological polar surface area (TPSA) is 54.0 Å². The molecule has 0 atom stereocenters. The molecule has 0 saturated carbocycles. The lowest BCUT2D eigenvalue weighted by Gasteiger charge is -2.14. The van der Waals surface area contributed by atoms with Gasteiger partial charge in [0.15, 0.2) is 0 Å². The Morgan fingerprint density at radius 1 is 1.31 bits per heavy atom. The highest BCUT2D eigenvalue weighted by atomic mass is 35.5. The minimum atomic E-state index is -0.249. The molecule has 1 aliphatic heterocycles. The summed E-state index contributed by atoms with van der Waals surface area (Å²) in [5.41, 5.74) is 2.99. The maximum atomic E-state index is 13.0. The number of aromatic nitrogens is 1. The molecule has 1 aliphatic rings. The first-order valence-electron chi connectivity index (χ1n) is 7.99. The van der Waals surface area contributed by atoms with Crippen LogP contribution in [0.3, 0.4) is 0 Å². The number of nitrogens with one attached hydrogen (secondary N) is 2. The molecule has 2 aromatic rings. The van der Waals surface area contributed by atoms with Crippen LogP contribution < -0.4 is 10.6 Å². The number of carbonyl (C=O) groups is 1. The van der Waals surface area contributed by atoms with E-state index in [-0.39, 0.29) is 36.5 Å². The fourth-order valence-electron chi connectivity index (χ4n) is 2.62. The molecule has 0 fully saturated rings. The highest BCUT2D eigenvalue weighted by Gasteiger charge is 2.16. The number of aryl methyl sites for hydroxylation is 1. The number of hydrogen-bond acceptors (Lipinski definition) is 4. The van der Waals surface area contributed by atoms with Crippen LogP contribution in [0.4, 0.5) is 4.39 Å². The van der Waals surface area contributed by atoms with Gasteiger partial charge in [0.25, 0.3) is 5.91 Å². The van der Waals surface area contributed by atoms with E-state index in [1.807, 2.05) is 6.92 Å². The number of hydrogen-bond donors (Lipinski definition) is 2. The van der Waals surface area contributed by atoms with E-state index < -0.39 is 0 Å². The summed E-state index contributed by atoms with van der Waals surface area (Å²) in [6.45, 7) is 4.27. The number of carbonyl (C=O) groups excluding carboxylic acids is 1. The van der Waals surface area contributed by atoms with E-state index in [4.69, 9.17) is 0 Å². The average molecular weight is 418 g/mol. The van der Waals surface area contributed by atoms with E-state index in [2.05, 4.69) is 21.7 Å². The second-order valence-corrected chi connectivity index (χ2v) is 6.91. The van der Waals surface area contributed by atoms with Gasteiger partial charge in [-0.05, 0) is 37.6 Å². The fourth-order valence-corrected chi connectivity index (χ4v) is 3.63. The van der Waals surface area contributed by atoms with Gasteiger partial charge in [-0.1, -0.05) is 23.8 Å². The highest BCUT2D eigenvalue weighted by molar-refractivity contribution is 7.13. The SMILES string of the molecule is Cc1nc(Cc2ccc(F)cc2)sc1C(=O)NCC1=CCNCC1.Cl.Cl. The zero-order chi connectivity index (χ0) is 16.9. The van der Waals surface area contributed by atoms with E-state index in [9.17, 15) is 9.18 Å². The van der Waals surface area contributed by atoms with E-state index in [1.165, 1.54) is 29.0 Å². The van der Waals surface area contributed by atoms with Gasteiger partial charge in [-0.15, -0.1) is 36.2 Å². The molecule has 8 heteroatoms. The molecule has 1 amide bonds. The van der Waals surface area contributed by atoms with Crippen LogP contribution in [0.2, 0.25) is 0 Å². The molecule has 0 spiro atoms. The molecule has 4 nitrogen and oxygen atoms in total. The van der Waals surface area contributed by atoms with Crippen molar-refractivity contribution in [3.8, 4) is 0 Å². The highest BCUT2D eigenvalue weighted by Crippen LogP contribution is 2.21. The van der Waals surface area contributed by atoms with E-state index in [1.54, 1.807) is 12.1 Å². The zero-order valence-corrected chi connectivity index (χ0v) is 16.8. The van der Waals surface area contributed by atoms with Crippen molar-refractivity contribution in [3.63, 3.8) is 0 Å². The second kappa shape index (κ2) is 10.6. The van der Waals surface area contributed by atoms with Crippen LogP contribution in [0, 0.1) is 12.7 Å². The van der Waals surface area contributed by atoms with Crippen LogP contribution in [-0.4, -0.2) is 30.5 Å². The molecule has 1 aromatic carbocycles. The first-order valence-corrected chi connectivity index (χ1v) is 8.81. The summed E-state index contributed by atoms with van der Waals surface area (Å²) < 4.78 is 13.0. The lowest BCUT2D eigenvalue weighted by atomic mass is 10.1. The number of benzene rings is 1. The van der Waals surface area contributed by atoms with Gasteiger partial charge in [0, 0.05) is 19.5 Å². The number of amides is 1. The maximum Gasteiger partial charge on any atom is 0.263 e. The Morgan fingerprint density at radius 3 is 2.69 bits per heavy atom. The minimum Gasteiger partial charge on any atom is -0.348 e. The predicted molar refractivity (Wildman–Crippen MR) is 108 cm³/mol. The van der Waals surface area contributed by atoms with E-state index in [0.717, 1.165) is 35.8 Å². The smallest absolute Gasteiger partial charge is 0.263 e. The predicted octanol–water partition coefficient (Wildman–Crippen LogP) is 3.67. The van der Waals surface area contributed by atoms with Crippen molar-refractivity contribution >= 4 is 42.1 Å². The largest absolute Gasteiger partial charge is 0.348 e. The Balaban J connectivity index is 0.00000169. The quantitative estimate of drug-likeness (QED) is 0.729. The molecule has 2 heterocycles. The molecule has 0 bridgehead atoms. The fraction of sp³-hybridized carbons (Fsp3) is 0.333. The van der Waals surface area contributed by atoms with Crippen LogP contribution in [0.25, 0.3) is 0 Å². The summed E-state index contributed by atoms with van der Waals surface area (Å²) in [6.07, 6.45) is 3.71.